The Labute approximate surface area is 245 Å². The number of anilines is 1. The van der Waals surface area contributed by atoms with Crippen molar-refractivity contribution in [3.63, 3.8) is 0 Å². The Morgan fingerprint density at radius 1 is 1.12 bits per heavy atom. The molecule has 6 heterocycles. The molecule has 10 nitrogen and oxygen atoms in total. The molecule has 7 rings (SSSR count). The van der Waals surface area contributed by atoms with Gasteiger partial charge in [-0.3, -0.25) is 14.5 Å². The van der Waals surface area contributed by atoms with Crippen molar-refractivity contribution in [1.82, 2.24) is 34.6 Å². The molecule has 1 aliphatic heterocycles. The molecule has 4 unspecified atom stereocenters. The first-order valence-electron chi connectivity index (χ1n) is 14.1. The van der Waals surface area contributed by atoms with Crippen molar-refractivity contribution in [3.05, 3.63) is 56.2 Å². The predicted molar refractivity (Wildman–Crippen MR) is 159 cm³/mol. The lowest BCUT2D eigenvalue weighted by Crippen LogP contribution is -2.40. The molecule has 1 saturated heterocycles. The molecular formula is C29H31ClN8O2S. The van der Waals surface area contributed by atoms with E-state index in [0.29, 0.717) is 28.4 Å². The molecule has 1 aliphatic carbocycles. The number of fused-ring (bicyclic) bond motifs is 1. The van der Waals surface area contributed by atoms with Crippen LogP contribution in [0.3, 0.4) is 0 Å². The molecule has 0 bridgehead atoms. The third-order valence-corrected chi connectivity index (χ3v) is 9.65. The van der Waals surface area contributed by atoms with Crippen LogP contribution in [0.25, 0.3) is 33.8 Å². The average molecular weight is 591 g/mol. The van der Waals surface area contributed by atoms with E-state index in [1.807, 2.05) is 19.2 Å². The van der Waals surface area contributed by atoms with Crippen LogP contribution in [0.1, 0.15) is 62.2 Å². The molecule has 0 amide bonds. The van der Waals surface area contributed by atoms with E-state index in [4.69, 9.17) is 31.1 Å². The minimum absolute atomic E-state index is 0.147. The van der Waals surface area contributed by atoms with Crippen LogP contribution in [-0.4, -0.2) is 40.7 Å². The SMILES string of the molecule is Cc1nc(C2CCC(C3CCCC(C)C3)N2c2nc3cc(-c4noc(=O)[nH]4)nc(-c4cncc(Cl)c4)c3n2C)cs1. The average Bonchev–Trinajstić information content (AvgIpc) is 3.74. The Kier molecular flexibility index (Phi) is 6.66. The van der Waals surface area contributed by atoms with E-state index < -0.39 is 5.76 Å². The molecule has 1 saturated carbocycles. The van der Waals surface area contributed by atoms with Crippen LogP contribution >= 0.6 is 22.9 Å². The highest BCUT2D eigenvalue weighted by Crippen LogP contribution is 2.47. The maximum absolute atomic E-state index is 11.8. The molecular weight excluding hydrogens is 560 g/mol. The highest BCUT2D eigenvalue weighted by molar-refractivity contribution is 7.09. The second-order valence-corrected chi connectivity index (χ2v) is 12.9. The molecule has 0 aromatic carbocycles. The Bertz CT molecular complexity index is 1790. The van der Waals surface area contributed by atoms with Crippen LogP contribution < -0.4 is 10.7 Å². The third-order valence-electron chi connectivity index (χ3n) is 8.65. The fourth-order valence-corrected chi connectivity index (χ4v) is 7.73. The van der Waals surface area contributed by atoms with Crippen LogP contribution in [0.15, 0.2) is 39.2 Å². The molecule has 5 aromatic heterocycles. The van der Waals surface area contributed by atoms with Gasteiger partial charge in [0, 0.05) is 36.4 Å². The van der Waals surface area contributed by atoms with Crippen LogP contribution in [0, 0.1) is 18.8 Å². The van der Waals surface area contributed by atoms with Crippen molar-refractivity contribution in [2.24, 2.45) is 18.9 Å². The van der Waals surface area contributed by atoms with E-state index >= 15 is 0 Å². The maximum atomic E-state index is 11.8. The van der Waals surface area contributed by atoms with Crippen molar-refractivity contribution in [3.8, 4) is 22.8 Å². The lowest BCUT2D eigenvalue weighted by molar-refractivity contribution is 0.244. The number of aryl methyl sites for hydroxylation is 2. The van der Waals surface area contributed by atoms with Gasteiger partial charge in [-0.1, -0.05) is 36.5 Å². The van der Waals surface area contributed by atoms with Crippen LogP contribution in [0.2, 0.25) is 5.02 Å². The number of H-pyrrole nitrogens is 1. The fraction of sp³-hybridized carbons (Fsp3) is 0.448. The summed E-state index contributed by atoms with van der Waals surface area (Å²) in [6, 6.07) is 4.20. The minimum Gasteiger partial charge on any atom is -0.330 e. The second kappa shape index (κ2) is 10.4. The van der Waals surface area contributed by atoms with Gasteiger partial charge in [-0.05, 0) is 56.6 Å². The van der Waals surface area contributed by atoms with Crippen LogP contribution in [-0.2, 0) is 7.05 Å². The molecule has 4 atom stereocenters. The molecule has 41 heavy (non-hydrogen) atoms. The third kappa shape index (κ3) is 4.74. The van der Waals surface area contributed by atoms with Crippen molar-refractivity contribution in [2.75, 3.05) is 4.90 Å². The normalized spacial score (nSPS) is 23.1. The van der Waals surface area contributed by atoms with E-state index in [1.54, 1.807) is 23.7 Å². The number of nitrogens with one attached hydrogen (secondary N) is 1. The standard InChI is InChI=1S/C29H31ClN8O2S/c1-15-5-4-6-17(9-15)23-7-8-24(22-14-41-16(2)32-22)38(23)28-34-20-11-21(27-35-29(39)40-36-27)33-25(26(20)37(28)3)18-10-19(30)13-31-12-18/h10-15,17,23-24H,4-9H2,1-3H3,(H,35,36,39). The summed E-state index contributed by atoms with van der Waals surface area (Å²) >= 11 is 8.06. The summed E-state index contributed by atoms with van der Waals surface area (Å²) in [5, 5.41) is 7.67. The smallest absolute Gasteiger partial charge is 0.330 e. The van der Waals surface area contributed by atoms with Gasteiger partial charge in [-0.2, -0.15) is 0 Å². The first kappa shape index (κ1) is 26.3. The van der Waals surface area contributed by atoms with Crippen molar-refractivity contribution in [1.29, 1.82) is 0 Å². The summed E-state index contributed by atoms with van der Waals surface area (Å²) in [6.07, 6.45) is 10.5. The molecule has 2 aliphatic rings. The van der Waals surface area contributed by atoms with E-state index in [9.17, 15) is 4.79 Å². The zero-order valence-electron chi connectivity index (χ0n) is 23.2. The zero-order chi connectivity index (χ0) is 28.2. The number of imidazole rings is 1. The van der Waals surface area contributed by atoms with E-state index in [2.05, 4.69) is 43.8 Å². The number of thiazole rings is 1. The summed E-state index contributed by atoms with van der Waals surface area (Å²) in [7, 11) is 2.05. The van der Waals surface area contributed by atoms with Gasteiger partial charge >= 0.3 is 5.76 Å². The lowest BCUT2D eigenvalue weighted by atomic mass is 9.78. The van der Waals surface area contributed by atoms with Crippen molar-refractivity contribution < 1.29 is 4.52 Å². The summed E-state index contributed by atoms with van der Waals surface area (Å²) in [4.78, 5) is 36.3. The highest BCUT2D eigenvalue weighted by atomic mass is 35.5. The van der Waals surface area contributed by atoms with Gasteiger partial charge in [-0.25, -0.2) is 19.7 Å². The monoisotopic (exact) mass is 590 g/mol. The van der Waals surface area contributed by atoms with Crippen LogP contribution in [0.5, 0.6) is 0 Å². The second-order valence-electron chi connectivity index (χ2n) is 11.4. The minimum atomic E-state index is -0.641. The maximum Gasteiger partial charge on any atom is 0.439 e. The quantitative estimate of drug-likeness (QED) is 0.252. The number of aromatic amines is 1. The Balaban J connectivity index is 1.43. The van der Waals surface area contributed by atoms with Gasteiger partial charge in [0.15, 0.2) is 0 Å². The Hall–Kier alpha value is -3.57. The van der Waals surface area contributed by atoms with E-state index in [0.717, 1.165) is 52.0 Å². The fourth-order valence-electron chi connectivity index (χ4n) is 6.90. The predicted octanol–water partition coefficient (Wildman–Crippen LogP) is 6.33. The number of nitrogens with zero attached hydrogens (tertiary/aromatic N) is 7. The first-order valence-corrected chi connectivity index (χ1v) is 15.4. The Morgan fingerprint density at radius 3 is 2.73 bits per heavy atom. The molecule has 1 N–H and O–H groups in total. The van der Waals surface area contributed by atoms with Crippen molar-refractivity contribution >= 4 is 39.9 Å². The first-order chi connectivity index (χ1) is 19.9. The van der Waals surface area contributed by atoms with Gasteiger partial charge in [0.1, 0.15) is 5.69 Å². The largest absolute Gasteiger partial charge is 0.439 e. The number of rotatable bonds is 5. The van der Waals surface area contributed by atoms with Gasteiger partial charge in [0.2, 0.25) is 11.8 Å². The summed E-state index contributed by atoms with van der Waals surface area (Å²) in [5.41, 5.74) is 4.56. The molecule has 0 spiro atoms. The van der Waals surface area contributed by atoms with E-state index in [1.165, 1.54) is 25.7 Å². The molecule has 12 heteroatoms. The lowest BCUT2D eigenvalue weighted by Gasteiger charge is -2.38. The number of aromatic nitrogens is 7. The van der Waals surface area contributed by atoms with Gasteiger partial charge in [0.25, 0.3) is 0 Å². The summed E-state index contributed by atoms with van der Waals surface area (Å²) in [5.74, 6) is 1.83. The number of pyridine rings is 2. The van der Waals surface area contributed by atoms with Gasteiger partial charge in [0.05, 0.1) is 38.5 Å². The zero-order valence-corrected chi connectivity index (χ0v) is 24.7. The topological polar surface area (TPSA) is 119 Å². The number of hydrogen-bond acceptors (Lipinski definition) is 9. The molecule has 5 aromatic rings. The Morgan fingerprint density at radius 2 is 2.00 bits per heavy atom. The number of hydrogen-bond donors (Lipinski definition) is 1. The highest BCUT2D eigenvalue weighted by Gasteiger charge is 2.43. The summed E-state index contributed by atoms with van der Waals surface area (Å²) < 4.78 is 6.93. The molecule has 0 radical (unpaired) electrons. The van der Waals surface area contributed by atoms with E-state index in [-0.39, 0.29) is 11.9 Å². The van der Waals surface area contributed by atoms with Gasteiger partial charge in [-0.15, -0.1) is 11.3 Å². The number of halogens is 1. The van der Waals surface area contributed by atoms with Crippen LogP contribution in [0.4, 0.5) is 5.95 Å². The van der Waals surface area contributed by atoms with Crippen molar-refractivity contribution in [2.45, 2.75) is 64.5 Å². The molecule has 212 valence electrons. The summed E-state index contributed by atoms with van der Waals surface area (Å²) in [6.45, 7) is 4.45. The molecule has 2 fully saturated rings. The van der Waals surface area contributed by atoms with Gasteiger partial charge < -0.3 is 9.47 Å².